The van der Waals surface area contributed by atoms with Crippen molar-refractivity contribution in [2.45, 2.75) is 59.8 Å². The molecule has 2 aromatic carbocycles. The predicted molar refractivity (Wildman–Crippen MR) is 98.4 cm³/mol. The number of carbonyl (C=O) groups excluding carboxylic acids is 1. The van der Waals surface area contributed by atoms with Gasteiger partial charge < -0.3 is 0 Å². The van der Waals surface area contributed by atoms with E-state index < -0.39 is 0 Å². The summed E-state index contributed by atoms with van der Waals surface area (Å²) in [6.07, 6.45) is 6.05. The first kappa shape index (κ1) is 17.5. The minimum absolute atomic E-state index is 0.161. The zero-order valence-corrected chi connectivity index (χ0v) is 14.9. The Morgan fingerprint density at radius 2 is 1.57 bits per heavy atom. The number of aryl methyl sites for hydroxylation is 2. The zero-order valence-electron chi connectivity index (χ0n) is 14.9. The van der Waals surface area contributed by atoms with E-state index in [1.165, 1.54) is 36.0 Å². The third-order valence-corrected chi connectivity index (χ3v) is 4.45. The van der Waals surface area contributed by atoms with Crippen LogP contribution in [0.15, 0.2) is 36.4 Å². The van der Waals surface area contributed by atoms with Crippen molar-refractivity contribution in [3.8, 4) is 0 Å². The highest BCUT2D eigenvalue weighted by molar-refractivity contribution is 6.11. The van der Waals surface area contributed by atoms with E-state index in [0.29, 0.717) is 0 Å². The van der Waals surface area contributed by atoms with Crippen LogP contribution in [0.2, 0.25) is 0 Å². The van der Waals surface area contributed by atoms with Gasteiger partial charge in [0.25, 0.3) is 0 Å². The molecule has 1 aliphatic rings. The average Bonchev–Trinajstić information content (AvgIpc) is 2.56. The van der Waals surface area contributed by atoms with Gasteiger partial charge >= 0.3 is 0 Å². The quantitative estimate of drug-likeness (QED) is 0.638. The molecule has 3 rings (SSSR count). The third-order valence-electron chi connectivity index (χ3n) is 4.45. The third kappa shape index (κ3) is 3.90. The molecule has 0 amide bonds. The summed E-state index contributed by atoms with van der Waals surface area (Å²) in [6, 6.07) is 12.0. The largest absolute Gasteiger partial charge is 0.289 e. The molecule has 0 unspecified atom stereocenters. The van der Waals surface area contributed by atoms with Gasteiger partial charge in [0.05, 0.1) is 0 Å². The maximum Gasteiger partial charge on any atom is 0.193 e. The first-order chi connectivity index (χ1) is 11.1. The molecule has 0 bridgehead atoms. The molecule has 1 heteroatoms. The minimum atomic E-state index is 0.161. The van der Waals surface area contributed by atoms with Crippen LogP contribution < -0.4 is 0 Å². The number of fused-ring (bicyclic) bond motifs is 1. The highest BCUT2D eigenvalue weighted by Crippen LogP contribution is 2.28. The van der Waals surface area contributed by atoms with Crippen LogP contribution in [0.5, 0.6) is 0 Å². The molecule has 0 atom stereocenters. The molecule has 0 fully saturated rings. The summed E-state index contributed by atoms with van der Waals surface area (Å²) in [5.41, 5.74) is 6.79. The predicted octanol–water partition coefficient (Wildman–Crippen LogP) is 5.83. The van der Waals surface area contributed by atoms with Crippen LogP contribution in [0.3, 0.4) is 0 Å². The van der Waals surface area contributed by atoms with Crippen molar-refractivity contribution in [2.75, 3.05) is 0 Å². The molecule has 0 heterocycles. The smallest absolute Gasteiger partial charge is 0.193 e. The lowest BCUT2D eigenvalue weighted by Crippen LogP contribution is -2.11. The molecule has 2 aromatic rings. The van der Waals surface area contributed by atoms with Gasteiger partial charge in [-0.3, -0.25) is 4.79 Å². The van der Waals surface area contributed by atoms with E-state index in [9.17, 15) is 4.79 Å². The average molecular weight is 308 g/mol. The van der Waals surface area contributed by atoms with Crippen molar-refractivity contribution < 1.29 is 4.79 Å². The molecular weight excluding hydrogens is 280 g/mol. The fourth-order valence-electron chi connectivity index (χ4n) is 3.23. The Kier molecular flexibility index (Phi) is 6.15. The van der Waals surface area contributed by atoms with Gasteiger partial charge in [-0.25, -0.2) is 0 Å². The van der Waals surface area contributed by atoms with Crippen LogP contribution in [0.25, 0.3) is 0 Å². The van der Waals surface area contributed by atoms with E-state index in [0.717, 1.165) is 29.5 Å². The highest BCUT2D eigenvalue weighted by atomic mass is 16.1. The van der Waals surface area contributed by atoms with E-state index in [2.05, 4.69) is 26.8 Å². The lowest BCUT2D eigenvalue weighted by Gasteiger charge is -2.20. The van der Waals surface area contributed by atoms with Crippen LogP contribution in [-0.4, -0.2) is 5.78 Å². The molecule has 23 heavy (non-hydrogen) atoms. The van der Waals surface area contributed by atoms with Crippen molar-refractivity contribution in [3.63, 3.8) is 0 Å². The van der Waals surface area contributed by atoms with Gasteiger partial charge in [0.15, 0.2) is 5.78 Å². The van der Waals surface area contributed by atoms with Gasteiger partial charge in [-0.1, -0.05) is 56.7 Å². The summed E-state index contributed by atoms with van der Waals surface area (Å²) in [7, 11) is 0. The molecule has 1 aliphatic carbocycles. The molecule has 0 radical (unpaired) electrons. The van der Waals surface area contributed by atoms with Gasteiger partial charge in [-0.2, -0.15) is 0 Å². The topological polar surface area (TPSA) is 17.1 Å². The van der Waals surface area contributed by atoms with Crippen molar-refractivity contribution in [1.29, 1.82) is 0 Å². The second-order valence-corrected chi connectivity index (χ2v) is 6.43. The number of rotatable bonds is 2. The first-order valence-corrected chi connectivity index (χ1v) is 8.81. The number of ketones is 1. The summed E-state index contributed by atoms with van der Waals surface area (Å²) in [6.45, 7) is 8.36. The van der Waals surface area contributed by atoms with Gasteiger partial charge in [-0.15, -0.1) is 0 Å². The summed E-state index contributed by atoms with van der Waals surface area (Å²) in [5.74, 6) is 0.161. The first-order valence-electron chi connectivity index (χ1n) is 8.81. The SMILES string of the molecule is CCC.Cc1ccccc1C(=O)c1ccc2c(c1C)CCCC2. The molecule has 0 aromatic heterocycles. The normalized spacial score (nSPS) is 12.9. The van der Waals surface area contributed by atoms with Crippen molar-refractivity contribution in [1.82, 2.24) is 0 Å². The number of carbonyl (C=O) groups is 1. The van der Waals surface area contributed by atoms with E-state index >= 15 is 0 Å². The highest BCUT2D eigenvalue weighted by Gasteiger charge is 2.19. The summed E-state index contributed by atoms with van der Waals surface area (Å²) in [5, 5.41) is 0. The van der Waals surface area contributed by atoms with Crippen molar-refractivity contribution in [2.24, 2.45) is 0 Å². The van der Waals surface area contributed by atoms with E-state index in [4.69, 9.17) is 0 Å². The fraction of sp³-hybridized carbons (Fsp3) is 0.409. The summed E-state index contributed by atoms with van der Waals surface area (Å²) < 4.78 is 0. The number of benzene rings is 2. The molecule has 0 saturated heterocycles. The molecule has 0 saturated carbocycles. The van der Waals surface area contributed by atoms with Gasteiger partial charge in [0.2, 0.25) is 0 Å². The fourth-order valence-corrected chi connectivity index (χ4v) is 3.23. The Morgan fingerprint density at radius 1 is 0.913 bits per heavy atom. The second-order valence-electron chi connectivity index (χ2n) is 6.43. The summed E-state index contributed by atoms with van der Waals surface area (Å²) in [4.78, 5) is 12.8. The Hall–Kier alpha value is -1.89. The lowest BCUT2D eigenvalue weighted by atomic mass is 9.84. The summed E-state index contributed by atoms with van der Waals surface area (Å²) >= 11 is 0. The molecule has 0 aliphatic heterocycles. The maximum atomic E-state index is 12.8. The van der Waals surface area contributed by atoms with E-state index in [-0.39, 0.29) is 5.78 Å². The number of hydrogen-bond acceptors (Lipinski definition) is 1. The Labute approximate surface area is 140 Å². The van der Waals surface area contributed by atoms with Gasteiger partial charge in [-0.05, 0) is 61.8 Å². The van der Waals surface area contributed by atoms with Crippen LogP contribution in [0.1, 0.15) is 71.3 Å². The molecule has 122 valence electrons. The van der Waals surface area contributed by atoms with E-state index in [1.807, 2.05) is 37.3 Å². The standard InChI is InChI=1S/C19H20O.C3H8/c1-13-7-3-5-9-16(13)19(20)18-12-11-15-8-4-6-10-17(15)14(18)2;1-3-2/h3,5,7,9,11-12H,4,6,8,10H2,1-2H3;3H2,1-2H3. The Balaban J connectivity index is 0.000000595. The second kappa shape index (κ2) is 8.10. The zero-order chi connectivity index (χ0) is 16.8. The molecule has 0 spiro atoms. The molecular formula is C22H28O. The number of hydrogen-bond donors (Lipinski definition) is 0. The lowest BCUT2D eigenvalue weighted by molar-refractivity contribution is 0.103. The Morgan fingerprint density at radius 3 is 2.26 bits per heavy atom. The van der Waals surface area contributed by atoms with Crippen LogP contribution >= 0.6 is 0 Å². The monoisotopic (exact) mass is 308 g/mol. The maximum absolute atomic E-state index is 12.8. The van der Waals surface area contributed by atoms with Gasteiger partial charge in [0, 0.05) is 11.1 Å². The molecule has 0 N–H and O–H groups in total. The van der Waals surface area contributed by atoms with Crippen LogP contribution in [0, 0.1) is 13.8 Å². The Bertz CT molecular complexity index is 682. The molecule has 1 nitrogen and oxygen atoms in total. The van der Waals surface area contributed by atoms with Crippen LogP contribution in [0.4, 0.5) is 0 Å². The van der Waals surface area contributed by atoms with Crippen molar-refractivity contribution in [3.05, 3.63) is 69.8 Å². The van der Waals surface area contributed by atoms with Crippen molar-refractivity contribution >= 4 is 5.78 Å². The van der Waals surface area contributed by atoms with Crippen LogP contribution in [-0.2, 0) is 12.8 Å². The minimum Gasteiger partial charge on any atom is -0.289 e. The van der Waals surface area contributed by atoms with E-state index in [1.54, 1.807) is 0 Å². The van der Waals surface area contributed by atoms with Gasteiger partial charge in [0.1, 0.15) is 0 Å².